The van der Waals surface area contributed by atoms with E-state index in [9.17, 15) is 9.18 Å². The van der Waals surface area contributed by atoms with Crippen LogP contribution < -0.4 is 15.2 Å². The van der Waals surface area contributed by atoms with Crippen molar-refractivity contribution in [3.05, 3.63) is 70.7 Å². The van der Waals surface area contributed by atoms with Crippen molar-refractivity contribution in [1.82, 2.24) is 10.3 Å². The van der Waals surface area contributed by atoms with E-state index in [1.807, 2.05) is 0 Å². The summed E-state index contributed by atoms with van der Waals surface area (Å²) in [4.78, 5) is 14.7. The SMILES string of the molecule is Cc1ccccc1N1NC(C)C=C1C1CC2(C1)CN(C(=O)c1cc3c(cc1F)CCO3)C2. The summed E-state index contributed by atoms with van der Waals surface area (Å²) in [5.41, 5.74) is 8.52. The van der Waals surface area contributed by atoms with Crippen molar-refractivity contribution in [3.8, 4) is 5.75 Å². The van der Waals surface area contributed by atoms with E-state index in [1.54, 1.807) is 11.0 Å². The Kier molecular flexibility index (Phi) is 4.37. The van der Waals surface area contributed by atoms with Crippen LogP contribution in [-0.4, -0.2) is 36.5 Å². The molecule has 3 aliphatic heterocycles. The number of aryl methyl sites for hydroxylation is 1. The molecule has 1 N–H and O–H groups in total. The number of benzene rings is 2. The number of likely N-dealkylation sites (tertiary alicyclic amines) is 1. The van der Waals surface area contributed by atoms with E-state index in [2.05, 4.69) is 54.6 Å². The van der Waals surface area contributed by atoms with Gasteiger partial charge in [-0.25, -0.2) is 9.82 Å². The number of carbonyl (C=O) groups is 1. The lowest BCUT2D eigenvalue weighted by Crippen LogP contribution is -2.64. The molecule has 0 bridgehead atoms. The summed E-state index contributed by atoms with van der Waals surface area (Å²) in [6.45, 7) is 6.29. The molecule has 2 fully saturated rings. The lowest BCUT2D eigenvalue weighted by Gasteiger charge is -2.59. The molecule has 5 nitrogen and oxygen atoms in total. The Labute approximate surface area is 187 Å². The Morgan fingerprint density at radius 1 is 1.22 bits per heavy atom. The highest BCUT2D eigenvalue weighted by molar-refractivity contribution is 5.95. The maximum absolute atomic E-state index is 14.5. The molecule has 1 aliphatic carbocycles. The molecule has 2 aromatic rings. The van der Waals surface area contributed by atoms with Crippen molar-refractivity contribution in [3.63, 3.8) is 0 Å². The second-order valence-corrected chi connectivity index (χ2v) is 9.94. The lowest BCUT2D eigenvalue weighted by atomic mass is 9.56. The first kappa shape index (κ1) is 19.8. The van der Waals surface area contributed by atoms with Crippen LogP contribution in [0.25, 0.3) is 0 Å². The van der Waals surface area contributed by atoms with Crippen LogP contribution in [0.3, 0.4) is 0 Å². The van der Waals surface area contributed by atoms with Gasteiger partial charge < -0.3 is 9.64 Å². The van der Waals surface area contributed by atoms with Gasteiger partial charge in [0.1, 0.15) is 11.6 Å². The van der Waals surface area contributed by atoms with Gasteiger partial charge in [-0.05, 0) is 56.5 Å². The minimum atomic E-state index is -0.434. The number of hydrogen-bond donors (Lipinski definition) is 1. The average molecular weight is 434 g/mol. The van der Waals surface area contributed by atoms with E-state index in [1.165, 1.54) is 23.0 Å². The van der Waals surface area contributed by atoms with Gasteiger partial charge >= 0.3 is 0 Å². The maximum Gasteiger partial charge on any atom is 0.257 e. The third-order valence-corrected chi connectivity index (χ3v) is 7.49. The predicted octanol–water partition coefficient (Wildman–Crippen LogP) is 4.22. The number of fused-ring (bicyclic) bond motifs is 1. The van der Waals surface area contributed by atoms with Crippen molar-refractivity contribution in [2.45, 2.75) is 39.2 Å². The average Bonchev–Trinajstić information content (AvgIpc) is 3.31. The number of nitrogens with zero attached hydrogens (tertiary/aromatic N) is 2. The fourth-order valence-electron chi connectivity index (χ4n) is 5.88. The van der Waals surface area contributed by atoms with Crippen molar-refractivity contribution in [2.24, 2.45) is 11.3 Å². The molecule has 1 unspecified atom stereocenters. The molecule has 2 aromatic carbocycles. The molecule has 1 amide bonds. The summed E-state index contributed by atoms with van der Waals surface area (Å²) >= 11 is 0. The quantitative estimate of drug-likeness (QED) is 0.787. The number of ether oxygens (including phenoxy) is 1. The number of allylic oxidation sites excluding steroid dienone is 1. The Bertz CT molecular complexity index is 1130. The number of nitrogens with one attached hydrogen (secondary N) is 1. The minimum Gasteiger partial charge on any atom is -0.493 e. The molecular weight excluding hydrogens is 405 g/mol. The van der Waals surface area contributed by atoms with E-state index in [0.29, 0.717) is 43.8 Å². The number of amides is 1. The number of halogens is 1. The van der Waals surface area contributed by atoms with Gasteiger partial charge in [-0.15, -0.1) is 0 Å². The van der Waals surface area contributed by atoms with Crippen LogP contribution in [0, 0.1) is 24.1 Å². The Morgan fingerprint density at radius 2 is 2.00 bits per heavy atom. The fourth-order valence-corrected chi connectivity index (χ4v) is 5.88. The summed E-state index contributed by atoms with van der Waals surface area (Å²) in [6, 6.07) is 11.8. The Hall–Kier alpha value is -2.86. The highest BCUT2D eigenvalue weighted by atomic mass is 19.1. The van der Waals surface area contributed by atoms with Gasteiger partial charge in [0.05, 0.1) is 17.9 Å². The predicted molar refractivity (Wildman–Crippen MR) is 121 cm³/mol. The van der Waals surface area contributed by atoms with Crippen LogP contribution in [0.4, 0.5) is 10.1 Å². The maximum atomic E-state index is 14.5. The fraction of sp³-hybridized carbons (Fsp3) is 0.423. The first-order valence-electron chi connectivity index (χ1n) is 11.5. The second kappa shape index (κ2) is 7.07. The van der Waals surface area contributed by atoms with Gasteiger partial charge in [0.15, 0.2) is 0 Å². The van der Waals surface area contributed by atoms with Crippen LogP contribution in [0.1, 0.15) is 41.3 Å². The van der Waals surface area contributed by atoms with E-state index in [4.69, 9.17) is 4.74 Å². The number of anilines is 1. The number of carbonyl (C=O) groups excluding carboxylic acids is 1. The molecule has 3 heterocycles. The molecule has 6 heteroatoms. The van der Waals surface area contributed by atoms with Crippen molar-refractivity contribution >= 4 is 11.6 Å². The molecule has 1 saturated carbocycles. The summed E-state index contributed by atoms with van der Waals surface area (Å²) in [5.74, 6) is 0.484. The van der Waals surface area contributed by atoms with Gasteiger partial charge in [0.25, 0.3) is 5.91 Å². The highest BCUT2D eigenvalue weighted by Crippen LogP contribution is 2.55. The first-order chi connectivity index (χ1) is 15.4. The zero-order valence-corrected chi connectivity index (χ0v) is 18.5. The molecular formula is C26H28FN3O2. The van der Waals surface area contributed by atoms with E-state index >= 15 is 0 Å². The third kappa shape index (κ3) is 3.04. The van der Waals surface area contributed by atoms with E-state index in [-0.39, 0.29) is 16.9 Å². The monoisotopic (exact) mass is 433 g/mol. The van der Waals surface area contributed by atoms with Gasteiger partial charge in [-0.1, -0.05) is 18.2 Å². The van der Waals surface area contributed by atoms with Crippen LogP contribution in [-0.2, 0) is 6.42 Å². The highest BCUT2D eigenvalue weighted by Gasteiger charge is 2.55. The van der Waals surface area contributed by atoms with E-state index < -0.39 is 5.82 Å². The van der Waals surface area contributed by atoms with Crippen molar-refractivity contribution in [1.29, 1.82) is 0 Å². The van der Waals surface area contributed by atoms with Crippen LogP contribution >= 0.6 is 0 Å². The standard InChI is InChI=1S/C26H28FN3O2/c1-16-5-3-4-6-22(16)30-23(9-17(2)28-30)19-12-26(13-19)14-29(15-26)25(31)20-11-24-18(7-8-32-24)10-21(20)27/h3-6,9-11,17,19,28H,7-8,12-15H2,1-2H3. The summed E-state index contributed by atoms with van der Waals surface area (Å²) < 4.78 is 20.1. The van der Waals surface area contributed by atoms with Gasteiger partial charge in [-0.3, -0.25) is 9.80 Å². The Morgan fingerprint density at radius 3 is 2.78 bits per heavy atom. The Balaban J connectivity index is 1.12. The van der Waals surface area contributed by atoms with Crippen LogP contribution in [0.15, 0.2) is 48.2 Å². The molecule has 1 saturated heterocycles. The minimum absolute atomic E-state index is 0.138. The van der Waals surface area contributed by atoms with Gasteiger partial charge in [0.2, 0.25) is 0 Å². The summed E-state index contributed by atoms with van der Waals surface area (Å²) in [6.07, 6.45) is 5.16. The number of hydrazine groups is 1. The number of rotatable bonds is 3. The molecule has 0 aromatic heterocycles. The normalized spacial score (nSPS) is 23.5. The van der Waals surface area contributed by atoms with Gasteiger partial charge in [0, 0.05) is 48.1 Å². The zero-order chi connectivity index (χ0) is 22.0. The van der Waals surface area contributed by atoms with Crippen LogP contribution in [0.5, 0.6) is 5.75 Å². The third-order valence-electron chi connectivity index (χ3n) is 7.49. The van der Waals surface area contributed by atoms with Gasteiger partial charge in [-0.2, -0.15) is 0 Å². The van der Waals surface area contributed by atoms with Crippen LogP contribution in [0.2, 0.25) is 0 Å². The number of para-hydroxylation sites is 1. The zero-order valence-electron chi connectivity index (χ0n) is 18.5. The van der Waals surface area contributed by atoms with Crippen molar-refractivity contribution < 1.29 is 13.9 Å². The lowest BCUT2D eigenvalue weighted by molar-refractivity contribution is -0.0671. The molecule has 32 heavy (non-hydrogen) atoms. The second-order valence-electron chi connectivity index (χ2n) is 9.94. The summed E-state index contributed by atoms with van der Waals surface area (Å²) in [7, 11) is 0. The molecule has 6 rings (SSSR count). The largest absolute Gasteiger partial charge is 0.493 e. The molecule has 1 atom stereocenters. The molecule has 0 radical (unpaired) electrons. The molecule has 4 aliphatic rings. The van der Waals surface area contributed by atoms with E-state index in [0.717, 1.165) is 18.4 Å². The molecule has 1 spiro atoms. The van der Waals surface area contributed by atoms with Crippen molar-refractivity contribution in [2.75, 3.05) is 24.7 Å². The first-order valence-corrected chi connectivity index (χ1v) is 11.5. The topological polar surface area (TPSA) is 44.8 Å². The molecule has 166 valence electrons. The summed E-state index contributed by atoms with van der Waals surface area (Å²) in [5, 5.41) is 2.25. The smallest absolute Gasteiger partial charge is 0.257 e. The number of hydrogen-bond acceptors (Lipinski definition) is 4.